The number of aliphatic carboxylic acids is 1. The number of rotatable bonds is 5. The maximum absolute atomic E-state index is 12.0. The lowest BCUT2D eigenvalue weighted by Crippen LogP contribution is -2.40. The number of carbonyl (C=O) groups excluding carboxylic acids is 1. The third kappa shape index (κ3) is 3.42. The number of carbonyl (C=O) groups is 2. The fourth-order valence-electron chi connectivity index (χ4n) is 2.14. The molecule has 0 radical (unpaired) electrons. The zero-order chi connectivity index (χ0) is 15.6. The molecule has 0 aliphatic heterocycles. The van der Waals surface area contributed by atoms with Crippen molar-refractivity contribution in [3.8, 4) is 0 Å². The Kier molecular flexibility index (Phi) is 4.31. The number of carboxylic acids is 1. The number of nitrogens with one attached hydrogen (secondary N) is 1. The van der Waals surface area contributed by atoms with Crippen molar-refractivity contribution in [2.45, 2.75) is 33.2 Å². The summed E-state index contributed by atoms with van der Waals surface area (Å²) in [5.41, 5.74) is 2.65. The van der Waals surface area contributed by atoms with Crippen molar-refractivity contribution in [2.24, 2.45) is 5.92 Å². The van der Waals surface area contributed by atoms with E-state index in [1.54, 1.807) is 20.1 Å². The SMILES string of the molecule is Cc1ccc2c(CC(=O)NC(C)C(C)C(=O)O)coc2c1. The summed E-state index contributed by atoms with van der Waals surface area (Å²) in [5, 5.41) is 12.5. The monoisotopic (exact) mass is 289 g/mol. The van der Waals surface area contributed by atoms with Gasteiger partial charge >= 0.3 is 5.97 Å². The molecule has 5 nitrogen and oxygen atoms in total. The molecule has 2 atom stereocenters. The molecule has 0 fully saturated rings. The molecule has 1 heterocycles. The topological polar surface area (TPSA) is 79.5 Å². The highest BCUT2D eigenvalue weighted by Gasteiger charge is 2.21. The van der Waals surface area contributed by atoms with E-state index in [4.69, 9.17) is 9.52 Å². The van der Waals surface area contributed by atoms with Gasteiger partial charge in [-0.1, -0.05) is 12.1 Å². The van der Waals surface area contributed by atoms with Crippen LogP contribution in [0.1, 0.15) is 25.0 Å². The molecule has 0 bridgehead atoms. The number of hydrogen-bond donors (Lipinski definition) is 2. The Labute approximate surface area is 122 Å². The standard InChI is InChI=1S/C16H19NO4/c1-9-4-5-13-12(8-21-14(13)6-9)7-15(18)17-11(3)10(2)16(19)20/h4-6,8,10-11H,7H2,1-3H3,(H,17,18)(H,19,20). The molecule has 0 aliphatic rings. The molecule has 5 heteroatoms. The Balaban J connectivity index is 2.06. The van der Waals surface area contributed by atoms with Gasteiger partial charge in [0.15, 0.2) is 0 Å². The smallest absolute Gasteiger partial charge is 0.308 e. The molecule has 2 aromatic rings. The van der Waals surface area contributed by atoms with E-state index in [1.165, 1.54) is 0 Å². The lowest BCUT2D eigenvalue weighted by atomic mass is 10.0. The van der Waals surface area contributed by atoms with Gasteiger partial charge in [-0.15, -0.1) is 0 Å². The number of amides is 1. The van der Waals surface area contributed by atoms with Gasteiger partial charge < -0.3 is 14.8 Å². The number of benzene rings is 1. The van der Waals surface area contributed by atoms with Gasteiger partial charge in [0, 0.05) is 17.0 Å². The van der Waals surface area contributed by atoms with Crippen LogP contribution in [-0.2, 0) is 16.0 Å². The summed E-state index contributed by atoms with van der Waals surface area (Å²) in [6.45, 7) is 5.24. The van der Waals surface area contributed by atoms with Gasteiger partial charge in [-0.3, -0.25) is 9.59 Å². The van der Waals surface area contributed by atoms with Gasteiger partial charge in [0.25, 0.3) is 0 Å². The molecule has 1 aromatic heterocycles. The molecule has 2 rings (SSSR count). The van der Waals surface area contributed by atoms with E-state index in [0.29, 0.717) is 0 Å². The predicted molar refractivity (Wildman–Crippen MR) is 79.1 cm³/mol. The van der Waals surface area contributed by atoms with Crippen molar-refractivity contribution >= 4 is 22.8 Å². The number of hydrogen-bond acceptors (Lipinski definition) is 3. The van der Waals surface area contributed by atoms with Gasteiger partial charge in [0.2, 0.25) is 5.91 Å². The summed E-state index contributed by atoms with van der Waals surface area (Å²) in [4.78, 5) is 22.9. The van der Waals surface area contributed by atoms with Crippen LogP contribution < -0.4 is 5.32 Å². The minimum atomic E-state index is -0.924. The molecule has 112 valence electrons. The van der Waals surface area contributed by atoms with Crippen LogP contribution in [0.5, 0.6) is 0 Å². The van der Waals surface area contributed by atoms with Crippen molar-refractivity contribution in [2.75, 3.05) is 0 Å². The van der Waals surface area contributed by atoms with Gasteiger partial charge in [-0.05, 0) is 32.4 Å². The van der Waals surface area contributed by atoms with E-state index in [0.717, 1.165) is 22.1 Å². The maximum Gasteiger partial charge on any atom is 0.308 e. The summed E-state index contributed by atoms with van der Waals surface area (Å²) in [7, 11) is 0. The van der Waals surface area contributed by atoms with E-state index >= 15 is 0 Å². The Morgan fingerprint density at radius 1 is 1.33 bits per heavy atom. The van der Waals surface area contributed by atoms with Gasteiger partial charge in [-0.2, -0.15) is 0 Å². The van der Waals surface area contributed by atoms with Gasteiger partial charge in [-0.25, -0.2) is 0 Å². The van der Waals surface area contributed by atoms with Crippen LogP contribution in [0.3, 0.4) is 0 Å². The Morgan fingerprint density at radius 2 is 2.05 bits per heavy atom. The minimum Gasteiger partial charge on any atom is -0.481 e. The average Bonchev–Trinajstić information content (AvgIpc) is 2.79. The van der Waals surface area contributed by atoms with Crippen molar-refractivity contribution in [1.29, 1.82) is 0 Å². The first-order valence-corrected chi connectivity index (χ1v) is 6.87. The average molecular weight is 289 g/mol. The van der Waals surface area contributed by atoms with E-state index in [9.17, 15) is 9.59 Å². The zero-order valence-corrected chi connectivity index (χ0v) is 12.3. The lowest BCUT2D eigenvalue weighted by Gasteiger charge is -2.17. The molecule has 2 N–H and O–H groups in total. The number of aryl methyl sites for hydroxylation is 1. The Bertz CT molecular complexity index is 674. The summed E-state index contributed by atoms with van der Waals surface area (Å²) in [6.07, 6.45) is 1.75. The molecule has 1 amide bonds. The maximum atomic E-state index is 12.0. The second-order valence-electron chi connectivity index (χ2n) is 5.42. The van der Waals surface area contributed by atoms with Crippen LogP contribution in [0.4, 0.5) is 0 Å². The van der Waals surface area contributed by atoms with Gasteiger partial charge in [0.05, 0.1) is 18.6 Å². The highest BCUT2D eigenvalue weighted by atomic mass is 16.4. The van der Waals surface area contributed by atoms with Crippen molar-refractivity contribution in [3.05, 3.63) is 35.6 Å². The lowest BCUT2D eigenvalue weighted by molar-refractivity contribution is -0.142. The quantitative estimate of drug-likeness (QED) is 0.886. The highest BCUT2D eigenvalue weighted by Crippen LogP contribution is 2.22. The number of carboxylic acid groups (broad SMARTS) is 1. The summed E-state index contributed by atoms with van der Waals surface area (Å²) in [5.74, 6) is -1.76. The largest absolute Gasteiger partial charge is 0.481 e. The Hall–Kier alpha value is -2.30. The second-order valence-corrected chi connectivity index (χ2v) is 5.42. The predicted octanol–water partition coefficient (Wildman–Crippen LogP) is 2.51. The van der Waals surface area contributed by atoms with Crippen LogP contribution in [0, 0.1) is 12.8 Å². The fourth-order valence-corrected chi connectivity index (χ4v) is 2.14. The second kappa shape index (κ2) is 5.99. The van der Waals surface area contributed by atoms with Crippen molar-refractivity contribution in [1.82, 2.24) is 5.32 Å². The van der Waals surface area contributed by atoms with Crippen LogP contribution >= 0.6 is 0 Å². The molecule has 2 unspecified atom stereocenters. The van der Waals surface area contributed by atoms with Crippen LogP contribution in [0.25, 0.3) is 11.0 Å². The van der Waals surface area contributed by atoms with E-state index < -0.39 is 17.9 Å². The summed E-state index contributed by atoms with van der Waals surface area (Å²) >= 11 is 0. The minimum absolute atomic E-state index is 0.173. The van der Waals surface area contributed by atoms with Crippen LogP contribution in [-0.4, -0.2) is 23.0 Å². The fraction of sp³-hybridized carbons (Fsp3) is 0.375. The summed E-state index contributed by atoms with van der Waals surface area (Å²) in [6, 6.07) is 5.40. The molecule has 0 saturated heterocycles. The summed E-state index contributed by atoms with van der Waals surface area (Å²) < 4.78 is 5.45. The molecular weight excluding hydrogens is 270 g/mol. The number of furan rings is 1. The zero-order valence-electron chi connectivity index (χ0n) is 12.3. The highest BCUT2D eigenvalue weighted by molar-refractivity contribution is 5.88. The van der Waals surface area contributed by atoms with E-state index in [1.807, 2.05) is 25.1 Å². The number of fused-ring (bicyclic) bond motifs is 1. The normalized spacial score (nSPS) is 13.9. The molecule has 0 spiro atoms. The first kappa shape index (κ1) is 15.1. The third-order valence-corrected chi connectivity index (χ3v) is 3.69. The van der Waals surface area contributed by atoms with E-state index in [2.05, 4.69) is 5.32 Å². The van der Waals surface area contributed by atoms with Crippen molar-refractivity contribution in [3.63, 3.8) is 0 Å². The van der Waals surface area contributed by atoms with Crippen molar-refractivity contribution < 1.29 is 19.1 Å². The van der Waals surface area contributed by atoms with E-state index in [-0.39, 0.29) is 12.3 Å². The molecule has 0 saturated carbocycles. The molecule has 21 heavy (non-hydrogen) atoms. The Morgan fingerprint density at radius 3 is 2.71 bits per heavy atom. The van der Waals surface area contributed by atoms with Crippen LogP contribution in [0.15, 0.2) is 28.9 Å². The molecular formula is C16H19NO4. The first-order chi connectivity index (χ1) is 9.88. The first-order valence-electron chi connectivity index (χ1n) is 6.87. The van der Waals surface area contributed by atoms with Gasteiger partial charge in [0.1, 0.15) is 5.58 Å². The molecule has 0 aliphatic carbocycles. The molecule has 1 aromatic carbocycles. The third-order valence-electron chi connectivity index (χ3n) is 3.69. The van der Waals surface area contributed by atoms with Crippen LogP contribution in [0.2, 0.25) is 0 Å².